The van der Waals surface area contributed by atoms with Gasteiger partial charge in [0, 0.05) is 16.5 Å². The SMILES string of the molecule is CCCCC(Nc1c(C(C)C)cccc1C(C)C)c1c(O[Si](C)(C)C2C(C)CC3SCCC32)cc(C(C)(C)C)cc1C(C)(C)C. The van der Waals surface area contributed by atoms with Crippen molar-refractivity contribution in [2.75, 3.05) is 11.1 Å². The molecule has 0 spiro atoms. The highest BCUT2D eigenvalue weighted by Gasteiger charge is 2.53. The largest absolute Gasteiger partial charge is 0.543 e. The molecule has 1 aliphatic carbocycles. The molecule has 2 aromatic rings. The second-order valence-electron chi connectivity index (χ2n) is 17.7. The molecular weight excluding hydrogens is 583 g/mol. The van der Waals surface area contributed by atoms with E-state index < -0.39 is 8.32 Å². The van der Waals surface area contributed by atoms with Gasteiger partial charge in [-0.1, -0.05) is 120 Å². The number of anilines is 1. The van der Waals surface area contributed by atoms with Gasteiger partial charge in [-0.3, -0.25) is 0 Å². The van der Waals surface area contributed by atoms with Crippen molar-refractivity contribution in [3.8, 4) is 5.75 Å². The summed E-state index contributed by atoms with van der Waals surface area (Å²) in [6.07, 6.45) is 6.20. The van der Waals surface area contributed by atoms with E-state index in [1.807, 2.05) is 0 Å². The van der Waals surface area contributed by atoms with Crippen LogP contribution < -0.4 is 9.74 Å². The number of nitrogens with one attached hydrogen (secondary N) is 1. The first-order chi connectivity index (χ1) is 20.9. The zero-order valence-electron chi connectivity index (χ0n) is 31.5. The van der Waals surface area contributed by atoms with E-state index in [1.54, 1.807) is 0 Å². The molecule has 0 amide bonds. The third kappa shape index (κ3) is 8.02. The standard InChI is InChI=1S/C41H67NOSSi/c1-15-16-20-34(42-38-30(26(2)3)18-17-19-31(38)27(4)5)37-33(41(10,11)12)24-29(40(7,8)9)25-35(37)43-45(13,14)39-28(6)23-36-32(39)21-22-44-36/h17-19,24-28,32,34,36,39,42H,15-16,20-23H2,1-14H3. The minimum absolute atomic E-state index is 0.0151. The van der Waals surface area contributed by atoms with Crippen molar-refractivity contribution < 1.29 is 4.43 Å². The van der Waals surface area contributed by atoms with Gasteiger partial charge in [0.1, 0.15) is 5.75 Å². The molecule has 5 atom stereocenters. The summed E-state index contributed by atoms with van der Waals surface area (Å²) in [7, 11) is -2.12. The molecule has 2 aliphatic rings. The van der Waals surface area contributed by atoms with Crippen LogP contribution in [0.15, 0.2) is 30.3 Å². The van der Waals surface area contributed by atoms with Crippen molar-refractivity contribution in [3.63, 3.8) is 0 Å². The number of thioether (sulfide) groups is 1. The molecule has 0 radical (unpaired) electrons. The average Bonchev–Trinajstić information content (AvgIpc) is 3.49. The van der Waals surface area contributed by atoms with E-state index in [0.29, 0.717) is 17.4 Å². The van der Waals surface area contributed by atoms with Crippen molar-refractivity contribution in [1.82, 2.24) is 0 Å². The van der Waals surface area contributed by atoms with Crippen LogP contribution in [0.4, 0.5) is 5.69 Å². The zero-order chi connectivity index (χ0) is 33.5. The first kappa shape index (κ1) is 36.4. The summed E-state index contributed by atoms with van der Waals surface area (Å²) in [5, 5.41) is 5.11. The van der Waals surface area contributed by atoms with Gasteiger partial charge in [0.25, 0.3) is 0 Å². The van der Waals surface area contributed by atoms with E-state index in [9.17, 15) is 0 Å². The second kappa shape index (κ2) is 14.0. The Morgan fingerprint density at radius 2 is 1.58 bits per heavy atom. The highest BCUT2D eigenvalue weighted by molar-refractivity contribution is 8.00. The number of fused-ring (bicyclic) bond motifs is 1. The summed E-state index contributed by atoms with van der Waals surface area (Å²) < 4.78 is 7.71. The third-order valence-electron chi connectivity index (χ3n) is 10.8. The molecular formula is C41H67NOSSi. The maximum absolute atomic E-state index is 7.71. The molecule has 2 nitrogen and oxygen atoms in total. The smallest absolute Gasteiger partial charge is 0.248 e. The molecule has 1 aliphatic heterocycles. The molecule has 252 valence electrons. The molecule has 45 heavy (non-hydrogen) atoms. The van der Waals surface area contributed by atoms with Crippen molar-refractivity contribution >= 4 is 25.8 Å². The maximum Gasteiger partial charge on any atom is 0.248 e. The van der Waals surface area contributed by atoms with E-state index in [2.05, 4.69) is 144 Å². The van der Waals surface area contributed by atoms with Crippen LogP contribution in [0.5, 0.6) is 5.75 Å². The van der Waals surface area contributed by atoms with Crippen LogP contribution in [-0.4, -0.2) is 19.3 Å². The molecule has 1 heterocycles. The summed E-state index contributed by atoms with van der Waals surface area (Å²) in [6.45, 7) is 33.6. The van der Waals surface area contributed by atoms with E-state index in [1.165, 1.54) is 70.7 Å². The Morgan fingerprint density at radius 3 is 2.11 bits per heavy atom. The third-order valence-corrected chi connectivity index (χ3v) is 15.6. The quantitative estimate of drug-likeness (QED) is 0.245. The molecule has 0 aromatic heterocycles. The molecule has 1 saturated carbocycles. The molecule has 4 rings (SSSR count). The lowest BCUT2D eigenvalue weighted by Crippen LogP contribution is -2.44. The Hall–Kier alpha value is -1.39. The van der Waals surface area contributed by atoms with Crippen molar-refractivity contribution in [2.24, 2.45) is 11.8 Å². The Balaban J connectivity index is 1.95. The van der Waals surface area contributed by atoms with Crippen LogP contribution in [0, 0.1) is 11.8 Å². The monoisotopic (exact) mass is 649 g/mol. The van der Waals surface area contributed by atoms with E-state index in [4.69, 9.17) is 4.43 Å². The summed E-state index contributed by atoms with van der Waals surface area (Å²) in [5.74, 6) is 4.97. The molecule has 1 saturated heterocycles. The minimum atomic E-state index is -2.12. The Bertz CT molecular complexity index is 1270. The fraction of sp³-hybridized carbons (Fsp3) is 0.707. The number of benzene rings is 2. The Labute approximate surface area is 283 Å². The van der Waals surface area contributed by atoms with Crippen LogP contribution in [-0.2, 0) is 10.8 Å². The topological polar surface area (TPSA) is 21.3 Å². The molecule has 1 N–H and O–H groups in total. The van der Waals surface area contributed by atoms with Gasteiger partial charge in [0.05, 0.1) is 6.04 Å². The van der Waals surface area contributed by atoms with Crippen LogP contribution in [0.3, 0.4) is 0 Å². The predicted octanol–water partition coefficient (Wildman–Crippen LogP) is 13.0. The number of hydrogen-bond acceptors (Lipinski definition) is 3. The molecule has 2 aromatic carbocycles. The van der Waals surface area contributed by atoms with Gasteiger partial charge >= 0.3 is 0 Å². The van der Waals surface area contributed by atoms with Crippen molar-refractivity contribution in [2.45, 2.75) is 168 Å². The highest BCUT2D eigenvalue weighted by atomic mass is 32.2. The molecule has 4 heteroatoms. The first-order valence-corrected chi connectivity index (χ1v) is 22.3. The second-order valence-corrected chi connectivity index (χ2v) is 23.1. The predicted molar refractivity (Wildman–Crippen MR) is 204 cm³/mol. The maximum atomic E-state index is 7.71. The van der Waals surface area contributed by atoms with Crippen molar-refractivity contribution in [1.29, 1.82) is 0 Å². The lowest BCUT2D eigenvalue weighted by molar-refractivity contribution is 0.425. The van der Waals surface area contributed by atoms with Crippen LogP contribution >= 0.6 is 11.8 Å². The highest BCUT2D eigenvalue weighted by Crippen LogP contribution is 2.57. The first-order valence-electron chi connectivity index (χ1n) is 18.3. The molecule has 0 bridgehead atoms. The Morgan fingerprint density at radius 1 is 0.956 bits per heavy atom. The average molecular weight is 650 g/mol. The zero-order valence-corrected chi connectivity index (χ0v) is 33.3. The van der Waals surface area contributed by atoms with Gasteiger partial charge in [-0.2, -0.15) is 11.8 Å². The number of hydrogen-bond donors (Lipinski definition) is 1. The van der Waals surface area contributed by atoms with Gasteiger partial charge < -0.3 is 9.74 Å². The molecule has 2 fully saturated rings. The van der Waals surface area contributed by atoms with Crippen LogP contribution in [0.1, 0.15) is 161 Å². The van der Waals surface area contributed by atoms with E-state index in [-0.39, 0.29) is 16.9 Å². The minimum Gasteiger partial charge on any atom is -0.543 e. The van der Waals surface area contributed by atoms with Gasteiger partial charge in [-0.15, -0.1) is 0 Å². The van der Waals surface area contributed by atoms with Crippen LogP contribution in [0.25, 0.3) is 0 Å². The number of para-hydroxylation sites is 1. The summed E-state index contributed by atoms with van der Waals surface area (Å²) in [4.78, 5) is 0. The summed E-state index contributed by atoms with van der Waals surface area (Å²) >= 11 is 2.24. The van der Waals surface area contributed by atoms with Crippen LogP contribution in [0.2, 0.25) is 18.6 Å². The van der Waals surface area contributed by atoms with Gasteiger partial charge in [0.2, 0.25) is 8.32 Å². The lowest BCUT2D eigenvalue weighted by atomic mass is 9.76. The van der Waals surface area contributed by atoms with Gasteiger partial charge in [0.15, 0.2) is 0 Å². The van der Waals surface area contributed by atoms with Gasteiger partial charge in [-0.25, -0.2) is 0 Å². The van der Waals surface area contributed by atoms with Crippen molar-refractivity contribution in [3.05, 3.63) is 58.1 Å². The molecule has 5 unspecified atom stereocenters. The van der Waals surface area contributed by atoms with Gasteiger partial charge in [-0.05, 0) is 106 Å². The Kier molecular flexibility index (Phi) is 11.3. The summed E-state index contributed by atoms with van der Waals surface area (Å²) in [6, 6.07) is 12.1. The van der Waals surface area contributed by atoms with E-state index >= 15 is 0 Å². The normalized spacial score (nSPS) is 23.1. The fourth-order valence-corrected chi connectivity index (χ4v) is 14.2. The lowest BCUT2D eigenvalue weighted by Gasteiger charge is -2.40. The van der Waals surface area contributed by atoms with E-state index in [0.717, 1.165) is 23.5 Å². The summed E-state index contributed by atoms with van der Waals surface area (Å²) in [5.41, 5.74) is 9.19. The number of unbranched alkanes of at least 4 members (excludes halogenated alkanes) is 1. The number of rotatable bonds is 11. The fourth-order valence-electron chi connectivity index (χ4n) is 8.52.